The normalized spacial score (nSPS) is 14.5. The number of carbonyl (C=O) groups is 1. The maximum absolute atomic E-state index is 13.0. The Balaban J connectivity index is 1.76. The summed E-state index contributed by atoms with van der Waals surface area (Å²) in [6, 6.07) is 4.82. The number of carbonyl (C=O) groups excluding carboxylic acids is 1. The van der Waals surface area contributed by atoms with Gasteiger partial charge in [0, 0.05) is 23.5 Å². The topological polar surface area (TPSA) is 41.1 Å². The molecular formula is C12H14BrFN2O. The minimum atomic E-state index is -0.293. The van der Waals surface area contributed by atoms with E-state index >= 15 is 0 Å². The van der Waals surface area contributed by atoms with Crippen LogP contribution in [0.2, 0.25) is 0 Å². The third-order valence-electron chi connectivity index (χ3n) is 2.54. The molecule has 0 radical (unpaired) electrons. The molecule has 0 spiro atoms. The number of rotatable bonds is 5. The van der Waals surface area contributed by atoms with Gasteiger partial charge in [0.05, 0.1) is 5.69 Å². The number of benzene rings is 1. The summed E-state index contributed by atoms with van der Waals surface area (Å²) in [5.41, 5.74) is 0.671. The predicted molar refractivity (Wildman–Crippen MR) is 68.4 cm³/mol. The van der Waals surface area contributed by atoms with Crippen molar-refractivity contribution in [1.29, 1.82) is 0 Å². The number of anilines is 1. The van der Waals surface area contributed by atoms with Crippen molar-refractivity contribution in [3.8, 4) is 0 Å². The highest BCUT2D eigenvalue weighted by Gasteiger charge is 2.22. The third kappa shape index (κ3) is 4.00. The molecule has 0 atom stereocenters. The zero-order valence-corrected chi connectivity index (χ0v) is 10.9. The van der Waals surface area contributed by atoms with E-state index in [2.05, 4.69) is 26.6 Å². The first-order chi connectivity index (χ1) is 8.15. The summed E-state index contributed by atoms with van der Waals surface area (Å²) in [6.07, 6.45) is 2.59. The van der Waals surface area contributed by atoms with Gasteiger partial charge < -0.3 is 10.6 Å². The minimum absolute atomic E-state index is 0.0486. The van der Waals surface area contributed by atoms with Crippen LogP contribution < -0.4 is 10.6 Å². The fourth-order valence-corrected chi connectivity index (χ4v) is 1.86. The molecule has 2 N–H and O–H groups in total. The molecule has 0 saturated heterocycles. The quantitative estimate of drug-likeness (QED) is 0.878. The highest BCUT2D eigenvalue weighted by Crippen LogP contribution is 2.23. The van der Waals surface area contributed by atoms with E-state index in [1.165, 1.54) is 12.1 Å². The summed E-state index contributed by atoms with van der Waals surface area (Å²) < 4.78 is 13.8. The van der Waals surface area contributed by atoms with Crippen LogP contribution in [-0.4, -0.2) is 18.5 Å². The monoisotopic (exact) mass is 300 g/mol. The summed E-state index contributed by atoms with van der Waals surface area (Å²) >= 11 is 3.32. The second kappa shape index (κ2) is 5.49. The van der Waals surface area contributed by atoms with Crippen molar-refractivity contribution < 1.29 is 9.18 Å². The molecule has 1 saturated carbocycles. The van der Waals surface area contributed by atoms with Crippen molar-refractivity contribution in [2.45, 2.75) is 25.3 Å². The van der Waals surface area contributed by atoms with Gasteiger partial charge in [-0.25, -0.2) is 4.39 Å². The van der Waals surface area contributed by atoms with Gasteiger partial charge in [-0.3, -0.25) is 4.79 Å². The first-order valence-electron chi connectivity index (χ1n) is 5.63. The molecule has 0 bridgehead atoms. The van der Waals surface area contributed by atoms with Crippen molar-refractivity contribution in [2.24, 2.45) is 0 Å². The number of hydrogen-bond acceptors (Lipinski definition) is 2. The Morgan fingerprint density at radius 1 is 1.47 bits per heavy atom. The molecule has 1 aromatic carbocycles. The van der Waals surface area contributed by atoms with E-state index in [0.717, 1.165) is 17.3 Å². The summed E-state index contributed by atoms with van der Waals surface area (Å²) in [6.45, 7) is 0.501. The van der Waals surface area contributed by atoms with E-state index in [9.17, 15) is 9.18 Å². The molecule has 1 amide bonds. The fourth-order valence-electron chi connectivity index (χ4n) is 1.47. The lowest BCUT2D eigenvalue weighted by Crippen LogP contribution is -2.27. The molecule has 2 rings (SSSR count). The average molecular weight is 301 g/mol. The van der Waals surface area contributed by atoms with Gasteiger partial charge in [-0.2, -0.15) is 0 Å². The van der Waals surface area contributed by atoms with Crippen LogP contribution in [0.25, 0.3) is 0 Å². The largest absolute Gasteiger partial charge is 0.384 e. The Kier molecular flexibility index (Phi) is 3.99. The van der Waals surface area contributed by atoms with E-state index in [-0.39, 0.29) is 11.7 Å². The Labute approximate surface area is 108 Å². The van der Waals surface area contributed by atoms with Gasteiger partial charge in [-0.05, 0) is 47.0 Å². The van der Waals surface area contributed by atoms with Crippen molar-refractivity contribution >= 4 is 27.5 Å². The lowest BCUT2D eigenvalue weighted by molar-refractivity contribution is -0.120. The zero-order valence-electron chi connectivity index (χ0n) is 9.30. The molecule has 1 aliphatic rings. The molecule has 0 aliphatic heterocycles. The summed E-state index contributed by atoms with van der Waals surface area (Å²) in [5, 5.41) is 5.93. The number of halogens is 2. The Morgan fingerprint density at radius 3 is 2.94 bits per heavy atom. The van der Waals surface area contributed by atoms with Gasteiger partial charge in [0.15, 0.2) is 0 Å². The first kappa shape index (κ1) is 12.4. The van der Waals surface area contributed by atoms with Gasteiger partial charge in [0.2, 0.25) is 5.91 Å². The summed E-state index contributed by atoms with van der Waals surface area (Å²) in [5.74, 6) is -0.245. The smallest absolute Gasteiger partial charge is 0.221 e. The molecular weight excluding hydrogens is 287 g/mol. The Hall–Kier alpha value is -1.10. The number of hydrogen-bond donors (Lipinski definition) is 2. The average Bonchev–Trinajstić information content (AvgIpc) is 3.07. The SMILES string of the molecule is O=C(CCNc1cc(F)ccc1Br)NC1CC1. The van der Waals surface area contributed by atoms with Crippen molar-refractivity contribution in [1.82, 2.24) is 5.32 Å². The van der Waals surface area contributed by atoms with Crippen molar-refractivity contribution in [3.63, 3.8) is 0 Å². The highest BCUT2D eigenvalue weighted by molar-refractivity contribution is 9.10. The maximum Gasteiger partial charge on any atom is 0.221 e. The second-order valence-corrected chi connectivity index (χ2v) is 5.00. The molecule has 0 aromatic heterocycles. The van der Waals surface area contributed by atoms with E-state index in [1.807, 2.05) is 0 Å². The third-order valence-corrected chi connectivity index (χ3v) is 3.23. The molecule has 17 heavy (non-hydrogen) atoms. The second-order valence-electron chi connectivity index (χ2n) is 4.14. The highest BCUT2D eigenvalue weighted by atomic mass is 79.9. The van der Waals surface area contributed by atoms with Gasteiger partial charge in [0.25, 0.3) is 0 Å². The lowest BCUT2D eigenvalue weighted by Gasteiger charge is -2.08. The molecule has 0 heterocycles. The molecule has 5 heteroatoms. The van der Waals surface area contributed by atoms with Gasteiger partial charge in [0.1, 0.15) is 5.82 Å². The maximum atomic E-state index is 13.0. The lowest BCUT2D eigenvalue weighted by atomic mass is 10.3. The van der Waals surface area contributed by atoms with E-state index < -0.39 is 0 Å². The predicted octanol–water partition coefficient (Wildman–Crippen LogP) is 2.67. The molecule has 1 fully saturated rings. The van der Waals surface area contributed by atoms with E-state index in [1.54, 1.807) is 6.07 Å². The van der Waals surface area contributed by atoms with Crippen LogP contribution in [0.1, 0.15) is 19.3 Å². The van der Waals surface area contributed by atoms with E-state index in [4.69, 9.17) is 0 Å². The Bertz CT molecular complexity index is 421. The van der Waals surface area contributed by atoms with Crippen LogP contribution in [0, 0.1) is 5.82 Å². The standard InChI is InChI=1S/C12H14BrFN2O/c13-10-4-1-8(14)7-11(10)15-6-5-12(17)16-9-2-3-9/h1,4,7,9,15H,2-3,5-6H2,(H,16,17). The van der Waals surface area contributed by atoms with Crippen LogP contribution >= 0.6 is 15.9 Å². The van der Waals surface area contributed by atoms with Crippen molar-refractivity contribution in [3.05, 3.63) is 28.5 Å². The van der Waals surface area contributed by atoms with Crippen LogP contribution in [0.15, 0.2) is 22.7 Å². The molecule has 3 nitrogen and oxygen atoms in total. The van der Waals surface area contributed by atoms with Gasteiger partial charge in [-0.1, -0.05) is 0 Å². The van der Waals surface area contributed by atoms with Crippen molar-refractivity contribution in [2.75, 3.05) is 11.9 Å². The molecule has 0 unspecified atom stereocenters. The van der Waals surface area contributed by atoms with Crippen LogP contribution in [-0.2, 0) is 4.79 Å². The number of amides is 1. The fraction of sp³-hybridized carbons (Fsp3) is 0.417. The molecule has 1 aliphatic carbocycles. The number of nitrogens with one attached hydrogen (secondary N) is 2. The Morgan fingerprint density at radius 2 is 2.24 bits per heavy atom. The summed E-state index contributed by atoms with van der Waals surface area (Å²) in [7, 11) is 0. The first-order valence-corrected chi connectivity index (χ1v) is 6.43. The zero-order chi connectivity index (χ0) is 12.3. The van der Waals surface area contributed by atoms with Crippen LogP contribution in [0.3, 0.4) is 0 Å². The summed E-state index contributed by atoms with van der Waals surface area (Å²) in [4.78, 5) is 11.4. The molecule has 1 aromatic rings. The molecule has 92 valence electrons. The van der Waals surface area contributed by atoms with E-state index in [0.29, 0.717) is 24.7 Å². The van der Waals surface area contributed by atoms with Crippen LogP contribution in [0.4, 0.5) is 10.1 Å². The van der Waals surface area contributed by atoms with Gasteiger partial charge >= 0.3 is 0 Å². The minimum Gasteiger partial charge on any atom is -0.384 e. The van der Waals surface area contributed by atoms with Crippen LogP contribution in [0.5, 0.6) is 0 Å². The van der Waals surface area contributed by atoms with Gasteiger partial charge in [-0.15, -0.1) is 0 Å².